The first-order chi connectivity index (χ1) is 12.1. The number of benzene rings is 1. The largest absolute Gasteiger partial charge is 0.462 e. The van der Waals surface area contributed by atoms with Crippen molar-refractivity contribution in [1.29, 1.82) is 5.26 Å². The molecule has 0 aliphatic carbocycles. The van der Waals surface area contributed by atoms with E-state index in [0.29, 0.717) is 27.9 Å². The maximum Gasteiger partial charge on any atom is 0.341 e. The van der Waals surface area contributed by atoms with Gasteiger partial charge in [-0.2, -0.15) is 10.4 Å². The van der Waals surface area contributed by atoms with E-state index in [0.717, 1.165) is 0 Å². The number of hydrogen-bond acceptors (Lipinski definition) is 5. The Morgan fingerprint density at radius 1 is 1.32 bits per heavy atom. The summed E-state index contributed by atoms with van der Waals surface area (Å²) in [5.74, 6) is -0.818. The van der Waals surface area contributed by atoms with Crippen LogP contribution in [0, 0.1) is 11.3 Å². The molecule has 1 amide bonds. The van der Waals surface area contributed by atoms with E-state index in [-0.39, 0.29) is 12.5 Å². The normalized spacial score (nSPS) is 10.2. The van der Waals surface area contributed by atoms with Crippen LogP contribution in [0.15, 0.2) is 48.8 Å². The van der Waals surface area contributed by atoms with Crippen LogP contribution in [0.1, 0.15) is 33.2 Å². The molecule has 3 aromatic rings. The van der Waals surface area contributed by atoms with Gasteiger partial charge in [-0.15, -0.1) is 0 Å². The molecular weight excluding hydrogens is 320 g/mol. The molecule has 0 bridgehead atoms. The number of anilines is 1. The number of esters is 1. The Morgan fingerprint density at radius 2 is 2.16 bits per heavy atom. The zero-order chi connectivity index (χ0) is 17.8. The summed E-state index contributed by atoms with van der Waals surface area (Å²) in [7, 11) is 0. The Labute approximate surface area is 143 Å². The number of nitrogens with one attached hydrogen (secondary N) is 1. The third-order valence-electron chi connectivity index (χ3n) is 3.53. The quantitative estimate of drug-likeness (QED) is 0.740. The van der Waals surface area contributed by atoms with Crippen LogP contribution < -0.4 is 5.32 Å². The lowest BCUT2D eigenvalue weighted by Gasteiger charge is -2.07. The number of ether oxygens (including phenoxy) is 1. The highest BCUT2D eigenvalue weighted by Crippen LogP contribution is 2.18. The molecule has 7 heteroatoms. The number of carbonyl (C=O) groups excluding carboxylic acids is 2. The lowest BCUT2D eigenvalue weighted by atomic mass is 10.1. The Balaban J connectivity index is 1.88. The van der Waals surface area contributed by atoms with E-state index >= 15 is 0 Å². The maximum absolute atomic E-state index is 12.3. The van der Waals surface area contributed by atoms with Crippen molar-refractivity contribution in [2.24, 2.45) is 0 Å². The molecule has 1 aromatic carbocycles. The molecule has 0 saturated carbocycles. The fourth-order valence-electron chi connectivity index (χ4n) is 2.36. The highest BCUT2D eigenvalue weighted by atomic mass is 16.5. The molecule has 1 N–H and O–H groups in total. The summed E-state index contributed by atoms with van der Waals surface area (Å²) < 4.78 is 6.53. The standard InChI is InChI=1S/C18H14N4O3/c1-2-25-18(24)15-11-20-22-7-6-14(9-16(15)22)21-17(23)13-5-3-4-12(8-13)10-19/h3-9,11H,2H2,1H3,(H,21,23). The van der Waals surface area contributed by atoms with Gasteiger partial charge >= 0.3 is 5.97 Å². The average Bonchev–Trinajstić information content (AvgIpc) is 3.05. The molecule has 3 rings (SSSR count). The predicted molar refractivity (Wildman–Crippen MR) is 90.3 cm³/mol. The van der Waals surface area contributed by atoms with Crippen molar-refractivity contribution >= 4 is 23.1 Å². The topological polar surface area (TPSA) is 96.5 Å². The summed E-state index contributed by atoms with van der Waals surface area (Å²) in [5, 5.41) is 15.8. The molecule has 0 spiro atoms. The Bertz CT molecular complexity index is 1000. The van der Waals surface area contributed by atoms with Gasteiger partial charge in [0.15, 0.2) is 0 Å². The fraction of sp³-hybridized carbons (Fsp3) is 0.111. The Hall–Kier alpha value is -3.66. The summed E-state index contributed by atoms with van der Waals surface area (Å²) in [5.41, 5.74) is 2.14. The van der Waals surface area contributed by atoms with E-state index in [1.54, 1.807) is 43.5 Å². The minimum atomic E-state index is -0.470. The first-order valence-corrected chi connectivity index (χ1v) is 7.58. The summed E-state index contributed by atoms with van der Waals surface area (Å²) in [4.78, 5) is 24.3. The van der Waals surface area contributed by atoms with Crippen molar-refractivity contribution in [3.63, 3.8) is 0 Å². The molecule has 124 valence electrons. The molecule has 2 heterocycles. The minimum Gasteiger partial charge on any atom is -0.462 e. The lowest BCUT2D eigenvalue weighted by Crippen LogP contribution is -2.12. The van der Waals surface area contributed by atoms with Crippen LogP contribution in [0.3, 0.4) is 0 Å². The van der Waals surface area contributed by atoms with Crippen LogP contribution >= 0.6 is 0 Å². The smallest absolute Gasteiger partial charge is 0.341 e. The van der Waals surface area contributed by atoms with Gasteiger partial charge in [0, 0.05) is 17.4 Å². The van der Waals surface area contributed by atoms with E-state index in [2.05, 4.69) is 10.4 Å². The molecule has 0 saturated heterocycles. The Kier molecular flexibility index (Phi) is 4.44. The molecule has 0 unspecified atom stereocenters. The molecular formula is C18H14N4O3. The van der Waals surface area contributed by atoms with Gasteiger partial charge in [0.05, 0.1) is 30.0 Å². The number of rotatable bonds is 4. The van der Waals surface area contributed by atoms with E-state index < -0.39 is 5.97 Å². The number of hydrogen-bond donors (Lipinski definition) is 1. The van der Waals surface area contributed by atoms with Crippen LogP contribution in [-0.4, -0.2) is 28.1 Å². The first kappa shape index (κ1) is 16.2. The van der Waals surface area contributed by atoms with Crippen molar-refractivity contribution in [2.45, 2.75) is 6.92 Å². The Morgan fingerprint density at radius 3 is 2.92 bits per heavy atom. The van der Waals surface area contributed by atoms with E-state index in [1.807, 2.05) is 6.07 Å². The number of amides is 1. The van der Waals surface area contributed by atoms with Gasteiger partial charge in [-0.25, -0.2) is 9.31 Å². The summed E-state index contributed by atoms with van der Waals surface area (Å²) in [6.45, 7) is 1.99. The third kappa shape index (κ3) is 3.33. The molecule has 25 heavy (non-hydrogen) atoms. The van der Waals surface area contributed by atoms with Gasteiger partial charge in [-0.05, 0) is 37.3 Å². The summed E-state index contributed by atoms with van der Waals surface area (Å²) in [6.07, 6.45) is 3.06. The van der Waals surface area contributed by atoms with Gasteiger partial charge in [0.1, 0.15) is 5.56 Å². The van der Waals surface area contributed by atoms with Gasteiger partial charge < -0.3 is 10.1 Å². The van der Waals surface area contributed by atoms with Gasteiger partial charge in [0.2, 0.25) is 0 Å². The zero-order valence-electron chi connectivity index (χ0n) is 13.4. The zero-order valence-corrected chi connectivity index (χ0v) is 13.4. The second kappa shape index (κ2) is 6.84. The van der Waals surface area contributed by atoms with Gasteiger partial charge in [-0.1, -0.05) is 6.07 Å². The van der Waals surface area contributed by atoms with Crippen molar-refractivity contribution in [3.8, 4) is 6.07 Å². The molecule has 0 aliphatic rings. The first-order valence-electron chi connectivity index (χ1n) is 7.58. The fourth-order valence-corrected chi connectivity index (χ4v) is 2.36. The summed E-state index contributed by atoms with van der Waals surface area (Å²) >= 11 is 0. The number of nitriles is 1. The SMILES string of the molecule is CCOC(=O)c1cnn2ccc(NC(=O)c3cccc(C#N)c3)cc12. The average molecular weight is 334 g/mol. The van der Waals surface area contributed by atoms with Crippen LogP contribution in [-0.2, 0) is 4.74 Å². The maximum atomic E-state index is 12.3. The lowest BCUT2D eigenvalue weighted by molar-refractivity contribution is 0.0528. The van der Waals surface area contributed by atoms with Crippen LogP contribution in [0.5, 0.6) is 0 Å². The molecule has 0 aliphatic heterocycles. The third-order valence-corrected chi connectivity index (χ3v) is 3.53. The molecule has 7 nitrogen and oxygen atoms in total. The van der Waals surface area contributed by atoms with Gasteiger partial charge in [0.25, 0.3) is 5.91 Å². The number of pyridine rings is 1. The number of aromatic nitrogens is 2. The molecule has 2 aromatic heterocycles. The monoisotopic (exact) mass is 334 g/mol. The molecule has 0 fully saturated rings. The van der Waals surface area contributed by atoms with E-state index in [4.69, 9.17) is 10.00 Å². The minimum absolute atomic E-state index is 0.266. The van der Waals surface area contributed by atoms with Crippen molar-refractivity contribution in [1.82, 2.24) is 9.61 Å². The van der Waals surface area contributed by atoms with Gasteiger partial charge in [-0.3, -0.25) is 4.79 Å². The highest BCUT2D eigenvalue weighted by molar-refractivity contribution is 6.05. The van der Waals surface area contributed by atoms with Crippen LogP contribution in [0.4, 0.5) is 5.69 Å². The second-order valence-electron chi connectivity index (χ2n) is 5.17. The summed E-state index contributed by atoms with van der Waals surface area (Å²) in [6, 6.07) is 11.7. The van der Waals surface area contributed by atoms with Crippen molar-refractivity contribution < 1.29 is 14.3 Å². The van der Waals surface area contributed by atoms with Crippen molar-refractivity contribution in [3.05, 3.63) is 65.5 Å². The highest BCUT2D eigenvalue weighted by Gasteiger charge is 2.15. The van der Waals surface area contributed by atoms with Crippen molar-refractivity contribution in [2.75, 3.05) is 11.9 Å². The van der Waals surface area contributed by atoms with E-state index in [1.165, 1.54) is 16.8 Å². The molecule has 0 radical (unpaired) electrons. The number of fused-ring (bicyclic) bond motifs is 1. The number of carbonyl (C=O) groups is 2. The molecule has 0 atom stereocenters. The second-order valence-corrected chi connectivity index (χ2v) is 5.17. The van der Waals surface area contributed by atoms with E-state index in [9.17, 15) is 9.59 Å². The van der Waals surface area contributed by atoms with Crippen LogP contribution in [0.2, 0.25) is 0 Å². The predicted octanol–water partition coefficient (Wildman–Crippen LogP) is 2.63. The number of nitrogens with zero attached hydrogens (tertiary/aromatic N) is 3. The van der Waals surface area contributed by atoms with Crippen LogP contribution in [0.25, 0.3) is 5.52 Å².